The van der Waals surface area contributed by atoms with Crippen LogP contribution in [0.25, 0.3) is 0 Å². The van der Waals surface area contributed by atoms with Gasteiger partial charge in [-0.1, -0.05) is 79.6 Å². The molecule has 0 fully saturated rings. The van der Waals surface area contributed by atoms with Crippen molar-refractivity contribution in [1.29, 1.82) is 0 Å². The summed E-state index contributed by atoms with van der Waals surface area (Å²) in [7, 11) is 0. The van der Waals surface area contributed by atoms with Gasteiger partial charge in [0.05, 0.1) is 12.1 Å². The quantitative estimate of drug-likeness (QED) is 0.259. The predicted octanol–water partition coefficient (Wildman–Crippen LogP) is 6.40. The second kappa shape index (κ2) is 8.90. The largest absolute Gasteiger partial charge is 0.390 e. The summed E-state index contributed by atoms with van der Waals surface area (Å²) in [5, 5.41) is 15.3. The minimum Gasteiger partial charge on any atom is -0.390 e. The average Bonchev–Trinajstić information content (AvgIpc) is 2.96. The van der Waals surface area contributed by atoms with Gasteiger partial charge in [-0.25, -0.2) is 4.98 Å². The SMILES string of the molecule is C[C@@H](C[C@@H]([C@@H](O)C(C)(C)C)n1[nH]cnc1=S)C(I)c1ccc(Cl)cc1Cl. The first-order valence-electron chi connectivity index (χ1n) is 8.41. The number of hydrogen-bond acceptors (Lipinski definition) is 3. The van der Waals surface area contributed by atoms with Crippen LogP contribution in [0.2, 0.25) is 10.0 Å². The maximum atomic E-state index is 11.0. The van der Waals surface area contributed by atoms with E-state index in [1.165, 1.54) is 0 Å². The number of halogens is 3. The van der Waals surface area contributed by atoms with Gasteiger partial charge in [-0.3, -0.25) is 9.78 Å². The number of benzene rings is 1. The van der Waals surface area contributed by atoms with E-state index < -0.39 is 6.10 Å². The van der Waals surface area contributed by atoms with Crippen LogP contribution < -0.4 is 0 Å². The van der Waals surface area contributed by atoms with Gasteiger partial charge in [0.15, 0.2) is 0 Å². The standard InChI is InChI=1S/C18H24Cl2IN3OS/c1-10(15(21)12-6-5-11(19)8-13(12)20)7-14(16(25)18(2,3)4)24-17(26)22-9-23-24/h5-6,8-10,14-16,25H,7H2,1-4H3,(H,22,23,26)/t10-,14-,15?,16+/m0/s1. The maximum absolute atomic E-state index is 11.0. The first-order valence-corrected chi connectivity index (χ1v) is 10.8. The van der Waals surface area contributed by atoms with Crippen LogP contribution in [0.5, 0.6) is 0 Å². The Morgan fingerprint density at radius 2 is 2.00 bits per heavy atom. The molecule has 1 unspecified atom stereocenters. The normalized spacial score (nSPS) is 16.9. The number of aromatic nitrogens is 3. The van der Waals surface area contributed by atoms with Crippen LogP contribution in [-0.4, -0.2) is 26.0 Å². The third-order valence-electron chi connectivity index (χ3n) is 4.53. The topological polar surface area (TPSA) is 53.8 Å². The summed E-state index contributed by atoms with van der Waals surface area (Å²) in [5.74, 6) is 0.237. The monoisotopic (exact) mass is 527 g/mol. The summed E-state index contributed by atoms with van der Waals surface area (Å²) >= 11 is 20.1. The van der Waals surface area contributed by atoms with E-state index in [9.17, 15) is 5.11 Å². The molecule has 0 amide bonds. The zero-order chi connectivity index (χ0) is 19.6. The van der Waals surface area contributed by atoms with E-state index in [-0.39, 0.29) is 21.3 Å². The molecule has 0 aliphatic rings. The number of aromatic amines is 1. The van der Waals surface area contributed by atoms with Crippen LogP contribution in [0.4, 0.5) is 0 Å². The minimum atomic E-state index is -0.582. The lowest BCUT2D eigenvalue weighted by molar-refractivity contribution is 0.00395. The minimum absolute atomic E-state index is 0.170. The Labute approximate surface area is 183 Å². The van der Waals surface area contributed by atoms with Crippen molar-refractivity contribution in [3.63, 3.8) is 0 Å². The summed E-state index contributed by atoms with van der Waals surface area (Å²) < 4.78 is 2.40. The van der Waals surface area contributed by atoms with Gasteiger partial charge in [-0.05, 0) is 47.7 Å². The Morgan fingerprint density at radius 3 is 2.50 bits per heavy atom. The lowest BCUT2D eigenvalue weighted by atomic mass is 9.81. The summed E-state index contributed by atoms with van der Waals surface area (Å²) in [5.41, 5.74) is 0.754. The van der Waals surface area contributed by atoms with Crippen molar-refractivity contribution >= 4 is 58.0 Å². The molecular formula is C18H24Cl2IN3OS. The highest BCUT2D eigenvalue weighted by Crippen LogP contribution is 2.42. The fraction of sp³-hybridized carbons (Fsp3) is 0.556. The van der Waals surface area contributed by atoms with Crippen LogP contribution >= 0.6 is 58.0 Å². The number of aliphatic hydroxyl groups is 1. The van der Waals surface area contributed by atoms with Gasteiger partial charge < -0.3 is 5.11 Å². The molecule has 1 heterocycles. The van der Waals surface area contributed by atoms with Crippen LogP contribution in [0.15, 0.2) is 24.5 Å². The van der Waals surface area contributed by atoms with Gasteiger partial charge in [0.1, 0.15) is 6.33 Å². The third kappa shape index (κ3) is 5.22. The van der Waals surface area contributed by atoms with Crippen LogP contribution in [0, 0.1) is 16.1 Å². The van der Waals surface area contributed by atoms with Gasteiger partial charge in [0.25, 0.3) is 0 Å². The van der Waals surface area contributed by atoms with Crippen LogP contribution in [-0.2, 0) is 0 Å². The molecule has 26 heavy (non-hydrogen) atoms. The fourth-order valence-electron chi connectivity index (χ4n) is 2.99. The third-order valence-corrected chi connectivity index (χ3v) is 7.30. The molecule has 2 rings (SSSR count). The Kier molecular flexibility index (Phi) is 7.58. The smallest absolute Gasteiger partial charge is 0.216 e. The van der Waals surface area contributed by atoms with Gasteiger partial charge in [0, 0.05) is 14.0 Å². The Morgan fingerprint density at radius 1 is 1.35 bits per heavy atom. The van der Waals surface area contributed by atoms with Crippen molar-refractivity contribution in [2.45, 2.75) is 50.2 Å². The zero-order valence-corrected chi connectivity index (χ0v) is 19.7. The predicted molar refractivity (Wildman–Crippen MR) is 119 cm³/mol. The number of nitrogens with zero attached hydrogens (tertiary/aromatic N) is 2. The number of nitrogens with one attached hydrogen (secondary N) is 1. The molecule has 2 aromatic rings. The van der Waals surface area contributed by atoms with Crippen LogP contribution in [0.3, 0.4) is 0 Å². The van der Waals surface area contributed by atoms with E-state index in [1.54, 1.807) is 17.1 Å². The Hall–Kier alpha value is -0.150. The van der Waals surface area contributed by atoms with Crippen molar-refractivity contribution in [2.24, 2.45) is 11.3 Å². The van der Waals surface area contributed by atoms with E-state index in [0.29, 0.717) is 14.8 Å². The molecule has 0 bridgehead atoms. The fourth-order valence-corrected chi connectivity index (χ4v) is 4.77. The number of hydrogen-bond donors (Lipinski definition) is 2. The van der Waals surface area contributed by atoms with Crippen LogP contribution in [0.1, 0.15) is 49.6 Å². The van der Waals surface area contributed by atoms with E-state index in [4.69, 9.17) is 35.4 Å². The summed E-state index contributed by atoms with van der Waals surface area (Å²) in [4.78, 5) is 4.11. The molecule has 1 aromatic heterocycles. The van der Waals surface area contributed by atoms with Gasteiger partial charge >= 0.3 is 0 Å². The van der Waals surface area contributed by atoms with E-state index >= 15 is 0 Å². The highest BCUT2D eigenvalue weighted by atomic mass is 127. The van der Waals surface area contributed by atoms with Gasteiger partial charge in [-0.2, -0.15) is 0 Å². The molecule has 4 nitrogen and oxygen atoms in total. The molecular weight excluding hydrogens is 504 g/mol. The van der Waals surface area contributed by atoms with E-state index in [0.717, 1.165) is 12.0 Å². The summed E-state index contributed by atoms with van der Waals surface area (Å²) in [6.45, 7) is 8.22. The number of H-pyrrole nitrogens is 1. The number of alkyl halides is 1. The number of aliphatic hydroxyl groups excluding tert-OH is 1. The second-order valence-corrected chi connectivity index (χ2v) is 10.2. The van der Waals surface area contributed by atoms with Crippen molar-refractivity contribution in [3.05, 3.63) is 44.9 Å². The molecule has 4 atom stereocenters. The molecule has 8 heteroatoms. The van der Waals surface area contributed by atoms with Crippen molar-refractivity contribution in [3.8, 4) is 0 Å². The highest BCUT2D eigenvalue weighted by Gasteiger charge is 2.35. The maximum Gasteiger partial charge on any atom is 0.216 e. The summed E-state index contributed by atoms with van der Waals surface area (Å²) in [6, 6.07) is 5.38. The lowest BCUT2D eigenvalue weighted by Gasteiger charge is -2.35. The average molecular weight is 528 g/mol. The second-order valence-electron chi connectivity index (χ2n) is 7.70. The molecule has 0 aliphatic heterocycles. The molecule has 0 radical (unpaired) electrons. The first kappa shape index (κ1) is 22.1. The lowest BCUT2D eigenvalue weighted by Crippen LogP contribution is -2.37. The van der Waals surface area contributed by atoms with Crippen molar-refractivity contribution < 1.29 is 5.11 Å². The molecule has 144 valence electrons. The number of rotatable bonds is 6. The Balaban J connectivity index is 2.30. The van der Waals surface area contributed by atoms with Crippen molar-refractivity contribution in [2.75, 3.05) is 0 Å². The first-order chi connectivity index (χ1) is 12.0. The highest BCUT2D eigenvalue weighted by molar-refractivity contribution is 14.1. The molecule has 2 N–H and O–H groups in total. The summed E-state index contributed by atoms with van der Waals surface area (Å²) in [6.07, 6.45) is 1.70. The van der Waals surface area contributed by atoms with E-state index in [1.807, 2.05) is 32.9 Å². The van der Waals surface area contributed by atoms with Gasteiger partial charge in [0.2, 0.25) is 4.77 Å². The molecule has 1 aromatic carbocycles. The van der Waals surface area contributed by atoms with Crippen molar-refractivity contribution in [1.82, 2.24) is 14.8 Å². The Bertz CT molecular complexity index is 802. The van der Waals surface area contributed by atoms with Gasteiger partial charge in [-0.15, -0.1) is 0 Å². The molecule has 0 aliphatic carbocycles. The molecule has 0 saturated carbocycles. The van der Waals surface area contributed by atoms with E-state index in [2.05, 4.69) is 39.6 Å². The molecule has 0 spiro atoms. The molecule has 0 saturated heterocycles. The zero-order valence-electron chi connectivity index (χ0n) is 15.2.